The number of carbonyl (C=O) groups is 3. The zero-order valence-electron chi connectivity index (χ0n) is 38.5. The molecule has 0 rings (SSSR count). The number of aliphatic carboxylic acids is 1. The average molecular weight is 844 g/mol. The minimum Gasteiger partial charge on any atom is -0.544 e. The Morgan fingerprint density at radius 1 is 0.492 bits per heavy atom. The molecule has 0 saturated heterocycles. The van der Waals surface area contributed by atoms with Gasteiger partial charge in [0.05, 0.1) is 40.3 Å². The molecular formula is C53H81NO7. The molecule has 2 unspecified atom stereocenters. The highest BCUT2D eigenvalue weighted by Crippen LogP contribution is 2.10. The maximum Gasteiger partial charge on any atom is 0.306 e. The summed E-state index contributed by atoms with van der Waals surface area (Å²) in [5.41, 5.74) is 0. The third kappa shape index (κ3) is 40.6. The summed E-state index contributed by atoms with van der Waals surface area (Å²) in [7, 11) is 5.35. The van der Waals surface area contributed by atoms with Crippen molar-refractivity contribution in [3.05, 3.63) is 134 Å². The van der Waals surface area contributed by atoms with Gasteiger partial charge in [-0.25, -0.2) is 0 Å². The monoisotopic (exact) mass is 844 g/mol. The van der Waals surface area contributed by atoms with E-state index in [2.05, 4.69) is 148 Å². The molecule has 0 spiro atoms. The zero-order valence-corrected chi connectivity index (χ0v) is 38.5. The number of hydrogen-bond acceptors (Lipinski definition) is 7. The van der Waals surface area contributed by atoms with Gasteiger partial charge in [0.15, 0.2) is 6.10 Å². The highest BCUT2D eigenvalue weighted by molar-refractivity contribution is 5.70. The molecule has 0 N–H and O–H groups in total. The normalized spacial score (nSPS) is 14.2. The van der Waals surface area contributed by atoms with Gasteiger partial charge in [0.1, 0.15) is 12.6 Å². The fourth-order valence-corrected chi connectivity index (χ4v) is 5.59. The molecule has 61 heavy (non-hydrogen) atoms. The molecule has 0 saturated carbocycles. The van der Waals surface area contributed by atoms with Gasteiger partial charge in [0, 0.05) is 19.3 Å². The van der Waals surface area contributed by atoms with Gasteiger partial charge in [0.25, 0.3) is 0 Å². The largest absolute Gasteiger partial charge is 0.544 e. The molecule has 0 aliphatic heterocycles. The summed E-state index contributed by atoms with van der Waals surface area (Å²) in [5, 5.41) is 11.6. The van der Waals surface area contributed by atoms with Crippen LogP contribution in [0.25, 0.3) is 0 Å². The third-order valence-electron chi connectivity index (χ3n) is 9.03. The lowest BCUT2D eigenvalue weighted by atomic mass is 10.1. The van der Waals surface area contributed by atoms with Gasteiger partial charge in [-0.15, -0.1) is 0 Å². The van der Waals surface area contributed by atoms with Gasteiger partial charge in [-0.05, 0) is 96.3 Å². The fraction of sp³-hybridized carbons (Fsp3) is 0.528. The Labute approximate surface area is 371 Å². The molecule has 2 atom stereocenters. The van der Waals surface area contributed by atoms with Crippen molar-refractivity contribution < 1.29 is 38.2 Å². The minimum absolute atomic E-state index is 0.0108. The number of ether oxygens (including phenoxy) is 3. The highest BCUT2D eigenvalue weighted by Gasteiger charge is 2.25. The summed E-state index contributed by atoms with van der Waals surface area (Å²) in [6, 6.07) is -0.754. The number of quaternary nitrogens is 1. The lowest BCUT2D eigenvalue weighted by Crippen LogP contribution is -2.55. The quantitative estimate of drug-likeness (QED) is 0.0264. The second-order valence-corrected chi connectivity index (χ2v) is 15.5. The van der Waals surface area contributed by atoms with Gasteiger partial charge in [-0.1, -0.05) is 148 Å². The first kappa shape index (κ1) is 56.5. The Morgan fingerprint density at radius 2 is 0.836 bits per heavy atom. The molecule has 0 heterocycles. The molecular weight excluding hydrogens is 763 g/mol. The Bertz CT molecular complexity index is 1450. The van der Waals surface area contributed by atoms with Crippen LogP contribution in [0.1, 0.15) is 129 Å². The van der Waals surface area contributed by atoms with Crippen molar-refractivity contribution in [2.24, 2.45) is 0 Å². The first-order valence-corrected chi connectivity index (χ1v) is 22.7. The minimum atomic E-state index is -1.15. The summed E-state index contributed by atoms with van der Waals surface area (Å²) in [5.74, 6) is -1.91. The number of esters is 2. The first-order valence-electron chi connectivity index (χ1n) is 22.7. The summed E-state index contributed by atoms with van der Waals surface area (Å²) < 4.78 is 17.0. The van der Waals surface area contributed by atoms with Gasteiger partial charge in [-0.3, -0.25) is 9.59 Å². The van der Waals surface area contributed by atoms with Crippen LogP contribution < -0.4 is 5.11 Å². The van der Waals surface area contributed by atoms with E-state index in [1.807, 2.05) is 0 Å². The summed E-state index contributed by atoms with van der Waals surface area (Å²) >= 11 is 0. The molecule has 0 aliphatic rings. The second-order valence-electron chi connectivity index (χ2n) is 15.5. The molecule has 0 fully saturated rings. The van der Waals surface area contributed by atoms with E-state index >= 15 is 0 Å². The van der Waals surface area contributed by atoms with E-state index in [4.69, 9.17) is 14.2 Å². The molecule has 8 nitrogen and oxygen atoms in total. The molecule has 340 valence electrons. The van der Waals surface area contributed by atoms with Crippen molar-refractivity contribution in [1.82, 2.24) is 0 Å². The van der Waals surface area contributed by atoms with Crippen LogP contribution in [0.3, 0.4) is 0 Å². The lowest BCUT2D eigenvalue weighted by molar-refractivity contribution is -0.889. The van der Waals surface area contributed by atoms with Crippen molar-refractivity contribution >= 4 is 17.9 Å². The van der Waals surface area contributed by atoms with Gasteiger partial charge in [0.2, 0.25) is 0 Å². The van der Waals surface area contributed by atoms with Gasteiger partial charge >= 0.3 is 11.9 Å². The van der Waals surface area contributed by atoms with Crippen LogP contribution in [0.4, 0.5) is 0 Å². The SMILES string of the molecule is CC/C=C/C/C=C/C/C=C/C/C=C/C/C=C/C/C=C/CCCC(=O)OC(COCCC(C(=O)[O-])[N+](C)(C)C)COC(=O)CCC/C=C/C/C=C/C/C=C/C/C=C/C/C=C/CC. The predicted octanol–water partition coefficient (Wildman–Crippen LogP) is 11.5. The average Bonchev–Trinajstić information content (AvgIpc) is 3.22. The van der Waals surface area contributed by atoms with E-state index in [1.54, 1.807) is 21.1 Å². The Kier molecular flexibility index (Phi) is 39.0. The standard InChI is InChI=1S/C53H81NO7/c1-6-8-10-12-14-16-18-20-22-24-25-26-28-30-32-34-36-38-40-42-44-52(56)61-49(47-59-46-45-50(53(57)58)54(3,4)5)48-60-51(55)43-41-39-37-35-33-31-29-27-23-21-19-17-15-13-11-9-7-2/h8-11,14-17,20-23,25-26,29-32,35-38,49-50H,6-7,12-13,18-19,24,27-28,33-34,39-48H2,1-5H3/b10-8+,11-9+,16-14+,17-15+,22-20+,23-21+,26-25+,31-29+,32-30+,37-35+,38-36+. The van der Waals surface area contributed by atoms with Gasteiger partial charge in [-0.2, -0.15) is 0 Å². The number of carboxylic acids is 1. The van der Waals surface area contributed by atoms with E-state index in [1.165, 1.54) is 0 Å². The second kappa shape index (κ2) is 42.2. The topological polar surface area (TPSA) is 102 Å². The Morgan fingerprint density at radius 3 is 1.18 bits per heavy atom. The number of carbonyl (C=O) groups excluding carboxylic acids is 3. The van der Waals surface area contributed by atoms with Crippen LogP contribution in [0.5, 0.6) is 0 Å². The van der Waals surface area contributed by atoms with E-state index < -0.39 is 24.1 Å². The number of hydrogen-bond donors (Lipinski definition) is 0. The Hall–Kier alpha value is -4.53. The molecule has 0 amide bonds. The smallest absolute Gasteiger partial charge is 0.306 e. The summed E-state index contributed by atoms with van der Waals surface area (Å²) in [4.78, 5) is 36.9. The van der Waals surface area contributed by atoms with Crippen molar-refractivity contribution in [3.63, 3.8) is 0 Å². The van der Waals surface area contributed by atoms with Crippen LogP contribution in [-0.4, -0.2) is 75.5 Å². The molecule has 0 aromatic rings. The van der Waals surface area contributed by atoms with Crippen LogP contribution in [0.15, 0.2) is 134 Å². The maximum absolute atomic E-state index is 12.7. The van der Waals surface area contributed by atoms with E-state index in [0.29, 0.717) is 12.8 Å². The third-order valence-corrected chi connectivity index (χ3v) is 9.03. The molecule has 0 aliphatic carbocycles. The molecule has 8 heteroatoms. The van der Waals surface area contributed by atoms with Crippen molar-refractivity contribution in [2.45, 2.75) is 142 Å². The zero-order chi connectivity index (χ0) is 44.9. The number of nitrogens with zero attached hydrogens (tertiary/aromatic N) is 1. The number of unbranched alkanes of at least 4 members (excludes halogenated alkanes) is 2. The van der Waals surface area contributed by atoms with E-state index in [9.17, 15) is 19.5 Å². The number of rotatable bonds is 38. The number of likely N-dealkylation sites (N-methyl/N-ethyl adjacent to an activating group) is 1. The molecule has 0 aromatic carbocycles. The number of allylic oxidation sites excluding steroid dienone is 22. The maximum atomic E-state index is 12.7. The van der Waals surface area contributed by atoms with Crippen molar-refractivity contribution in [2.75, 3.05) is 41.0 Å². The lowest BCUT2D eigenvalue weighted by Gasteiger charge is -2.34. The van der Waals surface area contributed by atoms with Crippen molar-refractivity contribution in [1.29, 1.82) is 0 Å². The predicted molar refractivity (Wildman–Crippen MR) is 253 cm³/mol. The van der Waals surface area contributed by atoms with Crippen LogP contribution in [-0.2, 0) is 28.6 Å². The Balaban J connectivity index is 4.56. The molecule has 0 radical (unpaired) electrons. The van der Waals surface area contributed by atoms with Crippen molar-refractivity contribution in [3.8, 4) is 0 Å². The first-order chi connectivity index (χ1) is 29.6. The highest BCUT2D eigenvalue weighted by atomic mass is 16.6. The molecule has 0 bridgehead atoms. The van der Waals surface area contributed by atoms with E-state index in [-0.39, 0.29) is 49.5 Å². The van der Waals surface area contributed by atoms with Crippen LogP contribution in [0, 0.1) is 0 Å². The summed E-state index contributed by atoms with van der Waals surface area (Å²) in [6.07, 6.45) is 60.7. The fourth-order valence-electron chi connectivity index (χ4n) is 5.59. The number of carboxylic acid groups (broad SMARTS) is 1. The van der Waals surface area contributed by atoms with Gasteiger partial charge < -0.3 is 28.6 Å². The van der Waals surface area contributed by atoms with Crippen LogP contribution >= 0.6 is 0 Å². The van der Waals surface area contributed by atoms with E-state index in [0.717, 1.165) is 83.5 Å². The molecule has 0 aromatic heterocycles. The summed E-state index contributed by atoms with van der Waals surface area (Å²) in [6.45, 7) is 4.28. The van der Waals surface area contributed by atoms with Crippen LogP contribution in [0.2, 0.25) is 0 Å².